The number of hydrogen-bond donors (Lipinski definition) is 0. The average Bonchev–Trinajstić information content (AvgIpc) is 2.96. The second-order valence-corrected chi connectivity index (χ2v) is 9.91. The Labute approximate surface area is 238 Å². The van der Waals surface area contributed by atoms with Crippen LogP contribution in [0.25, 0.3) is 11.3 Å². The Kier molecular flexibility index (Phi) is 9.48. The maximum Gasteiger partial charge on any atom is 0.255 e. The number of anilines is 1. The highest BCUT2D eigenvalue weighted by atomic mass is 35.5. The molecule has 1 fully saturated rings. The first kappa shape index (κ1) is 28.4. The summed E-state index contributed by atoms with van der Waals surface area (Å²) in [4.78, 5) is 31.6. The second-order valence-electron chi connectivity index (χ2n) is 9.06. The average molecular weight is 572 g/mol. The Morgan fingerprint density at radius 1 is 0.949 bits per heavy atom. The van der Waals surface area contributed by atoms with E-state index in [0.717, 1.165) is 17.8 Å². The summed E-state index contributed by atoms with van der Waals surface area (Å²) in [5, 5.41) is 9.55. The molecule has 0 unspecified atom stereocenters. The van der Waals surface area contributed by atoms with Gasteiger partial charge in [0, 0.05) is 49.4 Å². The van der Waals surface area contributed by atoms with Crippen molar-refractivity contribution in [3.63, 3.8) is 0 Å². The van der Waals surface area contributed by atoms with Gasteiger partial charge in [-0.15, -0.1) is 10.2 Å². The maximum absolute atomic E-state index is 13.1. The third-order valence-corrected chi connectivity index (χ3v) is 7.11. The maximum atomic E-state index is 13.1. The molecule has 0 radical (unpaired) electrons. The number of rotatable bonds is 9. The third-order valence-electron chi connectivity index (χ3n) is 6.56. The molecule has 0 bridgehead atoms. The van der Waals surface area contributed by atoms with E-state index in [1.54, 1.807) is 42.2 Å². The molecule has 11 heteroatoms. The molecule has 0 atom stereocenters. The molecule has 0 N–H and O–H groups in total. The highest BCUT2D eigenvalue weighted by molar-refractivity contribution is 6.36. The van der Waals surface area contributed by atoms with E-state index >= 15 is 0 Å². The summed E-state index contributed by atoms with van der Waals surface area (Å²) in [6.45, 7) is 4.65. The molecule has 39 heavy (non-hydrogen) atoms. The van der Waals surface area contributed by atoms with Gasteiger partial charge in [-0.2, -0.15) is 0 Å². The fourth-order valence-electron chi connectivity index (χ4n) is 4.45. The van der Waals surface area contributed by atoms with E-state index in [0.29, 0.717) is 60.5 Å². The lowest BCUT2D eigenvalue weighted by Gasteiger charge is -2.36. The molecule has 2 heterocycles. The second kappa shape index (κ2) is 13.0. The number of halogens is 2. The minimum atomic E-state index is -0.283. The summed E-state index contributed by atoms with van der Waals surface area (Å²) in [5.74, 6) is 1.70. The van der Waals surface area contributed by atoms with Crippen molar-refractivity contribution in [2.24, 2.45) is 0 Å². The van der Waals surface area contributed by atoms with Crippen LogP contribution in [0.3, 0.4) is 0 Å². The van der Waals surface area contributed by atoms with Gasteiger partial charge in [0.15, 0.2) is 5.82 Å². The summed E-state index contributed by atoms with van der Waals surface area (Å²) < 4.78 is 10.7. The Balaban J connectivity index is 1.36. The largest absolute Gasteiger partial charge is 0.497 e. The van der Waals surface area contributed by atoms with Crippen molar-refractivity contribution in [2.45, 2.75) is 13.3 Å². The zero-order valence-electron chi connectivity index (χ0n) is 22.2. The summed E-state index contributed by atoms with van der Waals surface area (Å²) in [6, 6.07) is 14.1. The van der Waals surface area contributed by atoms with Gasteiger partial charge in [-0.3, -0.25) is 9.59 Å². The Morgan fingerprint density at radius 2 is 1.72 bits per heavy atom. The first-order valence-corrected chi connectivity index (χ1v) is 13.4. The van der Waals surface area contributed by atoms with Gasteiger partial charge in [0.2, 0.25) is 5.91 Å². The molecule has 206 valence electrons. The van der Waals surface area contributed by atoms with Gasteiger partial charge >= 0.3 is 0 Å². The summed E-state index contributed by atoms with van der Waals surface area (Å²) in [5.41, 5.74) is 1.84. The number of methoxy groups -OCH3 is 2. The van der Waals surface area contributed by atoms with Gasteiger partial charge < -0.3 is 24.2 Å². The zero-order valence-corrected chi connectivity index (χ0v) is 23.7. The summed E-state index contributed by atoms with van der Waals surface area (Å²) >= 11 is 12.2. The molecule has 2 aromatic carbocycles. The molecule has 1 saturated heterocycles. The first-order chi connectivity index (χ1) is 18.8. The van der Waals surface area contributed by atoms with Crippen LogP contribution in [0.2, 0.25) is 10.0 Å². The van der Waals surface area contributed by atoms with Crippen molar-refractivity contribution in [3.8, 4) is 22.8 Å². The number of aromatic nitrogens is 2. The number of hydrogen-bond acceptors (Lipinski definition) is 7. The number of carbonyl (C=O) groups excluding carboxylic acids is 2. The topological polar surface area (TPSA) is 88.1 Å². The Bertz CT molecular complexity index is 1310. The molecular weight excluding hydrogens is 541 g/mol. The molecule has 1 aromatic heterocycles. The third kappa shape index (κ3) is 6.72. The van der Waals surface area contributed by atoms with E-state index in [1.165, 1.54) is 6.07 Å². The lowest BCUT2D eigenvalue weighted by Crippen LogP contribution is -2.52. The normalized spacial score (nSPS) is 13.3. The van der Waals surface area contributed by atoms with Crippen molar-refractivity contribution in [3.05, 3.63) is 64.1 Å². The number of amides is 2. The van der Waals surface area contributed by atoms with Crippen LogP contribution in [-0.2, 0) is 4.79 Å². The van der Waals surface area contributed by atoms with E-state index < -0.39 is 0 Å². The van der Waals surface area contributed by atoms with Gasteiger partial charge in [-0.05, 0) is 48.9 Å². The van der Waals surface area contributed by atoms with E-state index in [9.17, 15) is 9.59 Å². The molecule has 1 aliphatic heterocycles. The first-order valence-electron chi connectivity index (χ1n) is 12.7. The van der Waals surface area contributed by atoms with Gasteiger partial charge in [0.05, 0.1) is 30.5 Å². The minimum absolute atomic E-state index is 0.0101. The smallest absolute Gasteiger partial charge is 0.255 e. The predicted octanol–water partition coefficient (Wildman–Crippen LogP) is 4.67. The van der Waals surface area contributed by atoms with Crippen LogP contribution in [0.4, 0.5) is 5.82 Å². The zero-order chi connectivity index (χ0) is 27.9. The summed E-state index contributed by atoms with van der Waals surface area (Å²) in [6.07, 6.45) is 0.717. The monoisotopic (exact) mass is 571 g/mol. The minimum Gasteiger partial charge on any atom is -0.497 e. The van der Waals surface area contributed by atoms with Crippen LogP contribution in [0.5, 0.6) is 11.5 Å². The molecule has 0 saturated carbocycles. The molecule has 1 aliphatic rings. The fourth-order valence-corrected chi connectivity index (χ4v) is 4.94. The van der Waals surface area contributed by atoms with Crippen molar-refractivity contribution >= 4 is 40.8 Å². The number of nitrogens with zero attached hydrogens (tertiary/aromatic N) is 5. The van der Waals surface area contributed by atoms with Gasteiger partial charge in [-0.25, -0.2) is 0 Å². The molecule has 0 aliphatic carbocycles. The fraction of sp³-hybridized carbons (Fsp3) is 0.357. The lowest BCUT2D eigenvalue weighted by molar-refractivity contribution is -0.132. The van der Waals surface area contributed by atoms with Crippen molar-refractivity contribution < 1.29 is 19.1 Å². The van der Waals surface area contributed by atoms with Gasteiger partial charge in [0.1, 0.15) is 18.0 Å². The van der Waals surface area contributed by atoms with Crippen LogP contribution in [0, 0.1) is 0 Å². The highest BCUT2D eigenvalue weighted by Gasteiger charge is 2.26. The van der Waals surface area contributed by atoms with E-state index in [1.807, 2.05) is 31.2 Å². The number of piperazine rings is 1. The quantitative estimate of drug-likeness (QED) is 0.368. The molecule has 4 rings (SSSR count). The summed E-state index contributed by atoms with van der Waals surface area (Å²) in [7, 11) is 3.21. The molecule has 2 amide bonds. The van der Waals surface area contributed by atoms with Crippen molar-refractivity contribution in [1.29, 1.82) is 0 Å². The van der Waals surface area contributed by atoms with Crippen LogP contribution in [0.1, 0.15) is 23.7 Å². The van der Waals surface area contributed by atoms with E-state index in [2.05, 4.69) is 15.1 Å². The predicted molar refractivity (Wildman–Crippen MR) is 152 cm³/mol. The van der Waals surface area contributed by atoms with E-state index in [-0.39, 0.29) is 23.4 Å². The van der Waals surface area contributed by atoms with E-state index in [4.69, 9.17) is 32.7 Å². The molecular formula is C28H31Cl2N5O4. The molecule has 0 spiro atoms. The number of carbonyl (C=O) groups is 2. The van der Waals surface area contributed by atoms with Crippen LogP contribution >= 0.6 is 23.2 Å². The van der Waals surface area contributed by atoms with Crippen LogP contribution in [0.15, 0.2) is 48.5 Å². The number of ether oxygens (including phenoxy) is 2. The Morgan fingerprint density at radius 3 is 2.33 bits per heavy atom. The Hall–Kier alpha value is -3.56. The van der Waals surface area contributed by atoms with Gasteiger partial charge in [-0.1, -0.05) is 30.1 Å². The van der Waals surface area contributed by atoms with Crippen molar-refractivity contribution in [1.82, 2.24) is 20.0 Å². The van der Waals surface area contributed by atoms with Gasteiger partial charge in [0.25, 0.3) is 5.91 Å². The molecule has 3 aromatic rings. The lowest BCUT2D eigenvalue weighted by atomic mass is 10.1. The SMILES string of the molecule is CCCN(CC(=O)N1CCN(c2ccc(-c3ccc(OC)cc3OC)nn2)CC1)C(=O)c1ccc(Cl)cc1Cl. The highest BCUT2D eigenvalue weighted by Crippen LogP contribution is 2.32. The van der Waals surface area contributed by atoms with Crippen LogP contribution < -0.4 is 14.4 Å². The standard InChI is InChI=1S/C28H31Cl2N5O4/c1-4-11-35(28(37)21-7-5-19(29)16-23(21)30)18-27(36)34-14-12-33(13-15-34)26-10-9-24(31-32-26)22-8-6-20(38-2)17-25(22)39-3/h5-10,16-17H,4,11-15,18H2,1-3H3. The van der Waals surface area contributed by atoms with Crippen LogP contribution in [-0.4, -0.2) is 85.3 Å². The molecule has 9 nitrogen and oxygen atoms in total. The number of benzene rings is 2. The van der Waals surface area contributed by atoms with Crippen molar-refractivity contribution in [2.75, 3.05) is 58.4 Å².